The highest BCUT2D eigenvalue weighted by Crippen LogP contribution is 2.42. The third-order valence-corrected chi connectivity index (χ3v) is 5.00. The quantitative estimate of drug-likeness (QED) is 0.728. The maximum atomic E-state index is 13.0. The zero-order chi connectivity index (χ0) is 17.9. The van der Waals surface area contributed by atoms with Crippen LogP contribution in [-0.2, 0) is 4.79 Å². The highest BCUT2D eigenvalue weighted by Gasteiger charge is 2.39. The summed E-state index contributed by atoms with van der Waals surface area (Å²) in [5.41, 5.74) is 4.37. The molecular formula is C20H21N3OS. The predicted octanol–water partition coefficient (Wildman–Crippen LogP) is 4.64. The fourth-order valence-corrected chi connectivity index (χ4v) is 3.58. The van der Waals surface area contributed by atoms with Crippen molar-refractivity contribution >= 4 is 22.4 Å². The van der Waals surface area contributed by atoms with Gasteiger partial charge in [-0.1, -0.05) is 85.3 Å². The van der Waals surface area contributed by atoms with Crippen LogP contribution >= 0.6 is 11.3 Å². The molecule has 1 aromatic heterocycles. The average Bonchev–Trinajstić information content (AvgIpc) is 3.09. The third-order valence-electron chi connectivity index (χ3n) is 4.40. The van der Waals surface area contributed by atoms with Gasteiger partial charge in [-0.25, -0.2) is 0 Å². The van der Waals surface area contributed by atoms with Crippen LogP contribution in [0, 0.1) is 12.3 Å². The van der Waals surface area contributed by atoms with Gasteiger partial charge >= 0.3 is 0 Å². The van der Waals surface area contributed by atoms with Gasteiger partial charge in [-0.2, -0.15) is 0 Å². The Morgan fingerprint density at radius 1 is 1.08 bits per heavy atom. The number of rotatable bonds is 5. The third kappa shape index (κ3) is 3.77. The predicted molar refractivity (Wildman–Crippen MR) is 102 cm³/mol. The van der Waals surface area contributed by atoms with Crippen molar-refractivity contribution in [3.8, 4) is 0 Å². The summed E-state index contributed by atoms with van der Waals surface area (Å²) in [7, 11) is 0. The van der Waals surface area contributed by atoms with Crippen LogP contribution < -0.4 is 5.32 Å². The van der Waals surface area contributed by atoms with Crippen LogP contribution in [0.4, 0.5) is 5.13 Å². The Balaban J connectivity index is 2.02. The lowest BCUT2D eigenvalue weighted by Crippen LogP contribution is -2.37. The highest BCUT2D eigenvalue weighted by molar-refractivity contribution is 7.13. The van der Waals surface area contributed by atoms with Crippen LogP contribution in [0.2, 0.25) is 0 Å². The van der Waals surface area contributed by atoms with Gasteiger partial charge in [0.05, 0.1) is 5.41 Å². The Hall–Kier alpha value is -2.53. The molecule has 1 atom stereocenters. The zero-order valence-corrected chi connectivity index (χ0v) is 15.4. The molecule has 0 fully saturated rings. The second-order valence-electron chi connectivity index (χ2n) is 6.68. The summed E-state index contributed by atoms with van der Waals surface area (Å²) in [4.78, 5) is 13.0. The second kappa shape index (κ2) is 7.15. The van der Waals surface area contributed by atoms with E-state index in [2.05, 4.69) is 52.8 Å². The normalized spacial score (nSPS) is 12.6. The van der Waals surface area contributed by atoms with Crippen molar-refractivity contribution in [1.29, 1.82) is 0 Å². The van der Waals surface area contributed by atoms with E-state index in [0.29, 0.717) is 5.13 Å². The summed E-state index contributed by atoms with van der Waals surface area (Å²) in [6, 6.07) is 18.5. The molecule has 1 unspecified atom stereocenters. The van der Waals surface area contributed by atoms with Gasteiger partial charge < -0.3 is 5.32 Å². The Labute approximate surface area is 151 Å². The van der Waals surface area contributed by atoms with E-state index < -0.39 is 5.41 Å². The molecule has 0 aliphatic carbocycles. The van der Waals surface area contributed by atoms with Crippen LogP contribution in [0.3, 0.4) is 0 Å². The standard InChI is InChI=1S/C20H21N3OS/c1-14-8-7-11-16(12-14)17(15-9-5-4-6-10-15)20(2,3)18(24)22-19-23-21-13-25-19/h4-13,17H,1-3H3,(H,22,23,24). The van der Waals surface area contributed by atoms with E-state index in [9.17, 15) is 4.79 Å². The number of nitrogens with zero attached hydrogens (tertiary/aromatic N) is 2. The Kier molecular flexibility index (Phi) is 4.95. The molecule has 1 amide bonds. The van der Waals surface area contributed by atoms with Crippen molar-refractivity contribution in [1.82, 2.24) is 10.2 Å². The second-order valence-corrected chi connectivity index (χ2v) is 7.51. The number of anilines is 1. The van der Waals surface area contributed by atoms with Gasteiger partial charge in [0.25, 0.3) is 0 Å². The van der Waals surface area contributed by atoms with E-state index in [0.717, 1.165) is 11.1 Å². The van der Waals surface area contributed by atoms with E-state index in [-0.39, 0.29) is 11.8 Å². The van der Waals surface area contributed by atoms with E-state index in [4.69, 9.17) is 0 Å². The van der Waals surface area contributed by atoms with Crippen molar-refractivity contribution in [2.75, 3.05) is 5.32 Å². The number of aromatic nitrogens is 2. The first kappa shape index (κ1) is 17.3. The van der Waals surface area contributed by atoms with Gasteiger partial charge in [0.15, 0.2) is 0 Å². The van der Waals surface area contributed by atoms with E-state index in [1.54, 1.807) is 5.51 Å². The molecule has 0 saturated heterocycles. The van der Waals surface area contributed by atoms with Crippen LogP contribution in [0.5, 0.6) is 0 Å². The first-order valence-electron chi connectivity index (χ1n) is 8.17. The molecule has 3 rings (SSSR count). The molecule has 0 spiro atoms. The van der Waals surface area contributed by atoms with Crippen molar-refractivity contribution in [2.45, 2.75) is 26.7 Å². The van der Waals surface area contributed by atoms with Crippen molar-refractivity contribution in [2.24, 2.45) is 5.41 Å². The monoisotopic (exact) mass is 351 g/mol. The first-order valence-corrected chi connectivity index (χ1v) is 9.05. The maximum Gasteiger partial charge on any atom is 0.232 e. The molecule has 0 saturated carbocycles. The topological polar surface area (TPSA) is 54.9 Å². The van der Waals surface area contributed by atoms with Crippen molar-refractivity contribution < 1.29 is 4.79 Å². The van der Waals surface area contributed by atoms with E-state index >= 15 is 0 Å². The van der Waals surface area contributed by atoms with Crippen LogP contribution in [0.15, 0.2) is 60.1 Å². The Bertz CT molecular complexity index is 844. The number of hydrogen-bond donors (Lipinski definition) is 1. The smallest absolute Gasteiger partial charge is 0.232 e. The molecule has 0 aliphatic rings. The number of carbonyl (C=O) groups excluding carboxylic acids is 1. The number of nitrogens with one attached hydrogen (secondary N) is 1. The number of amides is 1. The molecule has 25 heavy (non-hydrogen) atoms. The Morgan fingerprint density at radius 2 is 1.80 bits per heavy atom. The molecule has 5 heteroatoms. The molecule has 3 aromatic rings. The minimum atomic E-state index is -0.666. The van der Waals surface area contributed by atoms with Gasteiger partial charge in [-0.15, -0.1) is 10.2 Å². The molecule has 1 heterocycles. The summed E-state index contributed by atoms with van der Waals surface area (Å²) in [6.07, 6.45) is 0. The lowest BCUT2D eigenvalue weighted by Gasteiger charge is -2.34. The van der Waals surface area contributed by atoms with Gasteiger partial charge in [0.2, 0.25) is 11.0 Å². The van der Waals surface area contributed by atoms with Crippen molar-refractivity contribution in [3.05, 3.63) is 76.8 Å². The fraction of sp³-hybridized carbons (Fsp3) is 0.250. The minimum Gasteiger partial charge on any atom is -0.300 e. The molecular weight excluding hydrogens is 330 g/mol. The first-order chi connectivity index (χ1) is 12.0. The van der Waals surface area contributed by atoms with Crippen LogP contribution in [-0.4, -0.2) is 16.1 Å². The fourth-order valence-electron chi connectivity index (χ4n) is 3.14. The lowest BCUT2D eigenvalue weighted by atomic mass is 9.70. The average molecular weight is 351 g/mol. The molecule has 2 aromatic carbocycles. The molecule has 1 N–H and O–H groups in total. The Morgan fingerprint density at radius 3 is 2.44 bits per heavy atom. The van der Waals surface area contributed by atoms with Crippen LogP contribution in [0.1, 0.15) is 36.5 Å². The highest BCUT2D eigenvalue weighted by atomic mass is 32.1. The maximum absolute atomic E-state index is 13.0. The zero-order valence-electron chi connectivity index (χ0n) is 14.6. The largest absolute Gasteiger partial charge is 0.300 e. The van der Waals surface area contributed by atoms with Gasteiger partial charge in [-0.3, -0.25) is 4.79 Å². The summed E-state index contributed by atoms with van der Waals surface area (Å²) in [5.74, 6) is -0.138. The minimum absolute atomic E-state index is 0.0680. The van der Waals surface area contributed by atoms with Gasteiger partial charge in [0.1, 0.15) is 5.51 Å². The number of hydrogen-bond acceptors (Lipinski definition) is 4. The number of aryl methyl sites for hydroxylation is 1. The SMILES string of the molecule is Cc1cccc(C(c2ccccc2)C(C)(C)C(=O)Nc2nncs2)c1. The number of carbonyl (C=O) groups is 1. The molecule has 4 nitrogen and oxygen atoms in total. The lowest BCUT2D eigenvalue weighted by molar-refractivity contribution is -0.124. The molecule has 0 radical (unpaired) electrons. The van der Waals surface area contributed by atoms with E-state index in [1.807, 2.05) is 38.1 Å². The molecule has 0 aliphatic heterocycles. The summed E-state index contributed by atoms with van der Waals surface area (Å²) >= 11 is 1.32. The van der Waals surface area contributed by atoms with Crippen LogP contribution in [0.25, 0.3) is 0 Å². The van der Waals surface area contributed by atoms with Crippen molar-refractivity contribution in [3.63, 3.8) is 0 Å². The van der Waals surface area contributed by atoms with E-state index in [1.165, 1.54) is 16.9 Å². The molecule has 0 bridgehead atoms. The summed E-state index contributed by atoms with van der Waals surface area (Å²) in [6.45, 7) is 6.02. The van der Waals surface area contributed by atoms with Gasteiger partial charge in [-0.05, 0) is 18.1 Å². The number of benzene rings is 2. The molecule has 128 valence electrons. The summed E-state index contributed by atoms with van der Waals surface area (Å²) < 4.78 is 0. The summed E-state index contributed by atoms with van der Waals surface area (Å²) in [5, 5.41) is 11.1. The van der Waals surface area contributed by atoms with Gasteiger partial charge in [0, 0.05) is 5.92 Å².